The number of rotatable bonds is 5. The zero-order valence-corrected chi connectivity index (χ0v) is 12.1. The number of carbonyl (C=O) groups is 1. The van der Waals surface area contributed by atoms with Crippen LogP contribution in [-0.2, 0) is 16.6 Å². The third-order valence-corrected chi connectivity index (χ3v) is 3.09. The van der Waals surface area contributed by atoms with Crippen LogP contribution in [0.5, 0.6) is 0 Å². The van der Waals surface area contributed by atoms with Crippen molar-refractivity contribution in [3.05, 3.63) is 54.0 Å². The molecule has 0 radical (unpaired) electrons. The molecule has 0 unspecified atom stereocenters. The monoisotopic (exact) mass is 306 g/mol. The zero-order chi connectivity index (χ0) is 15.3. The van der Waals surface area contributed by atoms with Gasteiger partial charge in [-0.25, -0.2) is 13.4 Å². The van der Waals surface area contributed by atoms with Crippen molar-refractivity contribution in [2.24, 2.45) is 0 Å². The van der Waals surface area contributed by atoms with Crippen LogP contribution in [0.25, 0.3) is 0 Å². The van der Waals surface area contributed by atoms with Gasteiger partial charge in [-0.1, -0.05) is 6.07 Å². The molecule has 8 heteroatoms. The number of hydrogen-bond acceptors (Lipinski definition) is 5. The maximum atomic E-state index is 11.8. The van der Waals surface area contributed by atoms with Crippen molar-refractivity contribution >= 4 is 21.7 Å². The lowest BCUT2D eigenvalue weighted by Crippen LogP contribution is -2.22. The number of amides is 1. The molecule has 2 aromatic rings. The van der Waals surface area contributed by atoms with E-state index in [0.29, 0.717) is 12.1 Å². The third-order valence-electron chi connectivity index (χ3n) is 2.51. The second kappa shape index (κ2) is 6.31. The fourth-order valence-corrected chi connectivity index (χ4v) is 2.07. The summed E-state index contributed by atoms with van der Waals surface area (Å²) in [7, 11) is -3.34. The van der Waals surface area contributed by atoms with Crippen LogP contribution in [0.4, 0.5) is 5.82 Å². The van der Waals surface area contributed by atoms with E-state index >= 15 is 0 Å². The first kappa shape index (κ1) is 14.9. The molecule has 0 aliphatic rings. The van der Waals surface area contributed by atoms with Crippen molar-refractivity contribution in [1.29, 1.82) is 0 Å². The van der Waals surface area contributed by atoms with Gasteiger partial charge in [0.15, 0.2) is 0 Å². The van der Waals surface area contributed by atoms with Gasteiger partial charge in [-0.15, -0.1) is 0 Å². The quantitative estimate of drug-likeness (QED) is 0.850. The second-order valence-electron chi connectivity index (χ2n) is 4.34. The molecule has 2 N–H and O–H groups in total. The molecule has 2 heterocycles. The maximum absolute atomic E-state index is 11.8. The van der Waals surface area contributed by atoms with Gasteiger partial charge in [0.25, 0.3) is 5.91 Å². The molecule has 0 bridgehead atoms. The highest BCUT2D eigenvalue weighted by molar-refractivity contribution is 7.92. The van der Waals surface area contributed by atoms with E-state index in [1.165, 1.54) is 12.3 Å². The number of aromatic nitrogens is 2. The van der Waals surface area contributed by atoms with Crippen LogP contribution >= 0.6 is 0 Å². The van der Waals surface area contributed by atoms with Gasteiger partial charge >= 0.3 is 0 Å². The highest BCUT2D eigenvalue weighted by Gasteiger charge is 2.05. The molecule has 7 nitrogen and oxygen atoms in total. The van der Waals surface area contributed by atoms with Gasteiger partial charge in [0.1, 0.15) is 5.82 Å². The van der Waals surface area contributed by atoms with Crippen LogP contribution in [0.3, 0.4) is 0 Å². The minimum Gasteiger partial charge on any atom is -0.348 e. The van der Waals surface area contributed by atoms with Gasteiger partial charge < -0.3 is 5.32 Å². The molecule has 0 aromatic carbocycles. The molecule has 2 aromatic heterocycles. The lowest BCUT2D eigenvalue weighted by atomic mass is 10.2. The average Bonchev–Trinajstić information content (AvgIpc) is 2.45. The third kappa shape index (κ3) is 4.84. The summed E-state index contributed by atoms with van der Waals surface area (Å²) in [5.41, 5.74) is 1.28. The van der Waals surface area contributed by atoms with Crippen molar-refractivity contribution in [2.45, 2.75) is 6.54 Å². The zero-order valence-electron chi connectivity index (χ0n) is 11.3. The summed E-state index contributed by atoms with van der Waals surface area (Å²) in [4.78, 5) is 19.6. The highest BCUT2D eigenvalue weighted by Crippen LogP contribution is 2.06. The fraction of sp³-hybridized carbons (Fsp3) is 0.154. The van der Waals surface area contributed by atoms with Gasteiger partial charge in [-0.3, -0.25) is 14.5 Å². The largest absolute Gasteiger partial charge is 0.348 e. The molecule has 0 aliphatic carbocycles. The molecular weight excluding hydrogens is 292 g/mol. The summed E-state index contributed by atoms with van der Waals surface area (Å²) in [6.07, 6.45) is 5.64. The van der Waals surface area contributed by atoms with Crippen LogP contribution in [0.15, 0.2) is 42.9 Å². The van der Waals surface area contributed by atoms with Crippen LogP contribution in [0, 0.1) is 0 Å². The number of anilines is 1. The van der Waals surface area contributed by atoms with Crippen LogP contribution in [0.2, 0.25) is 0 Å². The van der Waals surface area contributed by atoms with E-state index < -0.39 is 10.0 Å². The van der Waals surface area contributed by atoms with E-state index in [1.54, 1.807) is 30.6 Å². The SMILES string of the molecule is CS(=O)(=O)Nc1ccc(CNC(=O)c2ccncc2)cn1. The Morgan fingerprint density at radius 3 is 2.48 bits per heavy atom. The Morgan fingerprint density at radius 1 is 1.19 bits per heavy atom. The van der Waals surface area contributed by atoms with Gasteiger partial charge in [0.2, 0.25) is 10.0 Å². The van der Waals surface area contributed by atoms with E-state index in [0.717, 1.165) is 11.8 Å². The Hall–Kier alpha value is -2.48. The molecule has 21 heavy (non-hydrogen) atoms. The normalized spacial score (nSPS) is 10.9. The lowest BCUT2D eigenvalue weighted by molar-refractivity contribution is 0.0951. The van der Waals surface area contributed by atoms with Crippen molar-refractivity contribution in [3.63, 3.8) is 0 Å². The molecular formula is C13H14N4O3S. The van der Waals surface area contributed by atoms with Gasteiger partial charge in [-0.2, -0.15) is 0 Å². The topological polar surface area (TPSA) is 101 Å². The first-order valence-electron chi connectivity index (χ1n) is 6.05. The summed E-state index contributed by atoms with van der Waals surface area (Å²) < 4.78 is 24.4. The predicted molar refractivity (Wildman–Crippen MR) is 78.1 cm³/mol. The Morgan fingerprint density at radius 2 is 1.90 bits per heavy atom. The molecule has 0 saturated heterocycles. The Labute approximate surface area is 122 Å². The molecule has 110 valence electrons. The Bertz CT molecular complexity index is 715. The number of pyridine rings is 2. The number of sulfonamides is 1. The smallest absolute Gasteiger partial charge is 0.251 e. The first-order chi connectivity index (χ1) is 9.94. The Balaban J connectivity index is 1.94. The maximum Gasteiger partial charge on any atom is 0.251 e. The van der Waals surface area contributed by atoms with Crippen LogP contribution in [0.1, 0.15) is 15.9 Å². The van der Waals surface area contributed by atoms with Gasteiger partial charge in [0.05, 0.1) is 6.26 Å². The molecule has 0 spiro atoms. The summed E-state index contributed by atoms with van der Waals surface area (Å²) >= 11 is 0. The number of hydrogen-bond donors (Lipinski definition) is 2. The molecule has 2 rings (SSSR count). The van der Waals surface area contributed by atoms with Crippen molar-refractivity contribution in [1.82, 2.24) is 15.3 Å². The predicted octanol–water partition coefficient (Wildman–Crippen LogP) is 0.778. The summed E-state index contributed by atoms with van der Waals surface area (Å²) in [5, 5.41) is 2.74. The van der Waals surface area contributed by atoms with Crippen molar-refractivity contribution < 1.29 is 13.2 Å². The lowest BCUT2D eigenvalue weighted by Gasteiger charge is -2.06. The van der Waals surface area contributed by atoms with E-state index in [4.69, 9.17) is 0 Å². The molecule has 1 amide bonds. The van der Waals surface area contributed by atoms with Crippen LogP contribution in [-0.4, -0.2) is 30.5 Å². The molecule has 0 atom stereocenters. The number of nitrogens with zero attached hydrogens (tertiary/aromatic N) is 2. The van der Waals surface area contributed by atoms with Crippen molar-refractivity contribution in [3.8, 4) is 0 Å². The van der Waals surface area contributed by atoms with Gasteiger partial charge in [-0.05, 0) is 23.8 Å². The first-order valence-corrected chi connectivity index (χ1v) is 7.94. The van der Waals surface area contributed by atoms with Gasteiger partial charge in [0, 0.05) is 30.7 Å². The summed E-state index contributed by atoms with van der Waals surface area (Å²) in [6, 6.07) is 6.46. The fourth-order valence-electron chi connectivity index (χ4n) is 1.57. The van der Waals surface area contributed by atoms with E-state index in [2.05, 4.69) is 20.0 Å². The van der Waals surface area contributed by atoms with E-state index in [1.807, 2.05) is 0 Å². The molecule has 0 fully saturated rings. The summed E-state index contributed by atoms with van der Waals surface area (Å²) in [5.74, 6) is 0.0254. The summed E-state index contributed by atoms with van der Waals surface area (Å²) in [6.45, 7) is 0.299. The molecule has 0 aliphatic heterocycles. The minimum atomic E-state index is -3.34. The number of carbonyl (C=O) groups excluding carboxylic acids is 1. The van der Waals surface area contributed by atoms with Crippen molar-refractivity contribution in [2.75, 3.05) is 11.0 Å². The van der Waals surface area contributed by atoms with E-state index in [9.17, 15) is 13.2 Å². The number of nitrogens with one attached hydrogen (secondary N) is 2. The minimum absolute atomic E-state index is 0.212. The second-order valence-corrected chi connectivity index (χ2v) is 6.09. The Kier molecular flexibility index (Phi) is 4.49. The van der Waals surface area contributed by atoms with Crippen LogP contribution < -0.4 is 10.0 Å². The standard InChI is InChI=1S/C13H14N4O3S/c1-21(19,20)17-12-3-2-10(8-15-12)9-16-13(18)11-4-6-14-7-5-11/h2-8H,9H2,1H3,(H,15,17)(H,16,18). The highest BCUT2D eigenvalue weighted by atomic mass is 32.2. The van der Waals surface area contributed by atoms with E-state index in [-0.39, 0.29) is 11.7 Å². The average molecular weight is 306 g/mol. The molecule has 0 saturated carbocycles.